The fourth-order valence-corrected chi connectivity index (χ4v) is 3.05. The molecule has 3 heterocycles. The second-order valence-corrected chi connectivity index (χ2v) is 6.39. The summed E-state index contributed by atoms with van der Waals surface area (Å²) >= 11 is 0. The van der Waals surface area contributed by atoms with E-state index in [-0.39, 0.29) is 11.7 Å². The van der Waals surface area contributed by atoms with Gasteiger partial charge in [-0.05, 0) is 31.3 Å². The maximum absolute atomic E-state index is 15.0. The Morgan fingerprint density at radius 2 is 2.04 bits per heavy atom. The summed E-state index contributed by atoms with van der Waals surface area (Å²) in [4.78, 5) is 12.3. The molecule has 1 aliphatic heterocycles. The molecule has 0 radical (unpaired) electrons. The highest BCUT2D eigenvalue weighted by Gasteiger charge is 2.33. The third-order valence-electron chi connectivity index (χ3n) is 4.71. The lowest BCUT2D eigenvalue weighted by molar-refractivity contribution is 0.180. The summed E-state index contributed by atoms with van der Waals surface area (Å²) in [5.41, 5.74) is 0.966. The van der Waals surface area contributed by atoms with Gasteiger partial charge in [0.1, 0.15) is 17.8 Å². The molecular formula is C18H19FN6O2. The van der Waals surface area contributed by atoms with Crippen LogP contribution in [0.25, 0.3) is 11.3 Å². The van der Waals surface area contributed by atoms with Crippen molar-refractivity contribution in [3.05, 3.63) is 48.7 Å². The molecule has 0 amide bonds. The highest BCUT2D eigenvalue weighted by molar-refractivity contribution is 5.65. The summed E-state index contributed by atoms with van der Waals surface area (Å²) in [5, 5.41) is 7.56. The normalized spacial score (nSPS) is 14.4. The number of benzene rings is 1. The molecule has 1 fully saturated rings. The van der Waals surface area contributed by atoms with E-state index in [4.69, 9.17) is 9.15 Å². The lowest BCUT2D eigenvalue weighted by atomic mass is 10.1. The molecule has 0 N–H and O–H groups in total. The van der Waals surface area contributed by atoms with Crippen molar-refractivity contribution in [2.45, 2.75) is 12.6 Å². The number of hydrogen-bond acceptors (Lipinski definition) is 8. The van der Waals surface area contributed by atoms with Crippen LogP contribution in [0.3, 0.4) is 0 Å². The minimum absolute atomic E-state index is 0.260. The molecule has 0 unspecified atom stereocenters. The Morgan fingerprint density at radius 3 is 2.70 bits per heavy atom. The molecule has 1 saturated heterocycles. The van der Waals surface area contributed by atoms with E-state index < -0.39 is 5.82 Å². The molecule has 1 aliphatic rings. The Morgan fingerprint density at radius 1 is 1.26 bits per heavy atom. The number of methoxy groups -OCH3 is 1. The number of aromatic nitrogens is 4. The quantitative estimate of drug-likeness (QED) is 0.652. The maximum atomic E-state index is 15.0. The minimum atomic E-state index is -0.416. The van der Waals surface area contributed by atoms with Crippen molar-refractivity contribution in [1.82, 2.24) is 25.1 Å². The number of likely N-dealkylation sites (N-methyl/N-ethyl adjacent to an activating group) is 1. The Balaban J connectivity index is 1.46. The van der Waals surface area contributed by atoms with Crippen LogP contribution in [0.4, 0.5) is 10.2 Å². The summed E-state index contributed by atoms with van der Waals surface area (Å²) in [6.45, 7) is 1.89. The van der Waals surface area contributed by atoms with Gasteiger partial charge in [-0.3, -0.25) is 4.90 Å². The molecule has 8 nitrogen and oxygen atoms in total. The van der Waals surface area contributed by atoms with E-state index in [0.717, 1.165) is 0 Å². The zero-order chi connectivity index (χ0) is 18.8. The molecule has 3 aromatic rings. The van der Waals surface area contributed by atoms with Crippen molar-refractivity contribution >= 4 is 5.82 Å². The lowest BCUT2D eigenvalue weighted by Gasteiger charge is -2.44. The number of anilines is 1. The first-order chi connectivity index (χ1) is 13.2. The van der Waals surface area contributed by atoms with E-state index in [1.165, 1.54) is 12.7 Å². The second kappa shape index (κ2) is 7.28. The summed E-state index contributed by atoms with van der Waals surface area (Å²) in [7, 11) is 3.57. The number of hydrogen-bond donors (Lipinski definition) is 0. The highest BCUT2D eigenvalue weighted by Crippen LogP contribution is 2.30. The van der Waals surface area contributed by atoms with Gasteiger partial charge in [-0.15, -0.1) is 10.2 Å². The maximum Gasteiger partial charge on any atom is 0.230 e. The predicted molar refractivity (Wildman–Crippen MR) is 95.7 cm³/mol. The molecule has 1 aromatic carbocycles. The molecule has 2 aromatic heterocycles. The average Bonchev–Trinajstić information content (AvgIpc) is 3.15. The SMILES string of the molecule is COc1ccc(-c2ncnc(N3CC(N(C)Cc4nnco4)C3)c2F)cc1. The molecule has 140 valence electrons. The Kier molecular flexibility index (Phi) is 4.68. The molecule has 0 bridgehead atoms. The first-order valence-corrected chi connectivity index (χ1v) is 8.51. The van der Waals surface area contributed by atoms with Crippen molar-refractivity contribution in [3.63, 3.8) is 0 Å². The highest BCUT2D eigenvalue weighted by atomic mass is 19.1. The van der Waals surface area contributed by atoms with Crippen LogP contribution in [0.2, 0.25) is 0 Å². The van der Waals surface area contributed by atoms with Crippen LogP contribution in [-0.4, -0.2) is 58.4 Å². The van der Waals surface area contributed by atoms with Gasteiger partial charge in [0.25, 0.3) is 0 Å². The van der Waals surface area contributed by atoms with E-state index in [2.05, 4.69) is 25.1 Å². The molecule has 0 spiro atoms. The van der Waals surface area contributed by atoms with Gasteiger partial charge in [0.15, 0.2) is 11.6 Å². The monoisotopic (exact) mass is 370 g/mol. The van der Waals surface area contributed by atoms with Gasteiger partial charge in [0.2, 0.25) is 12.3 Å². The van der Waals surface area contributed by atoms with Gasteiger partial charge < -0.3 is 14.1 Å². The van der Waals surface area contributed by atoms with E-state index in [0.29, 0.717) is 42.7 Å². The Labute approximate surface area is 155 Å². The first-order valence-electron chi connectivity index (χ1n) is 8.51. The number of ether oxygens (including phenoxy) is 1. The molecule has 0 aliphatic carbocycles. The summed E-state index contributed by atoms with van der Waals surface area (Å²) in [6.07, 6.45) is 2.71. The molecule has 27 heavy (non-hydrogen) atoms. The molecule has 0 atom stereocenters. The van der Waals surface area contributed by atoms with Crippen LogP contribution in [0.1, 0.15) is 5.89 Å². The third kappa shape index (κ3) is 3.45. The smallest absolute Gasteiger partial charge is 0.230 e. The van der Waals surface area contributed by atoms with Gasteiger partial charge in [-0.25, -0.2) is 14.4 Å². The van der Waals surface area contributed by atoms with Crippen LogP contribution in [0.5, 0.6) is 5.75 Å². The summed E-state index contributed by atoms with van der Waals surface area (Å²) < 4.78 is 25.3. The topological polar surface area (TPSA) is 80.4 Å². The van der Waals surface area contributed by atoms with Crippen LogP contribution in [-0.2, 0) is 6.54 Å². The largest absolute Gasteiger partial charge is 0.497 e. The second-order valence-electron chi connectivity index (χ2n) is 6.39. The number of nitrogens with zero attached hydrogens (tertiary/aromatic N) is 6. The van der Waals surface area contributed by atoms with Crippen LogP contribution in [0.15, 0.2) is 41.4 Å². The molecule has 4 rings (SSSR count). The predicted octanol–water partition coefficient (Wildman–Crippen LogP) is 1.99. The standard InChI is InChI=1S/C18H19FN6O2/c1-24(9-15-23-22-11-27-15)13-7-25(8-13)18-16(19)17(20-10-21-18)12-3-5-14(26-2)6-4-12/h3-6,10-11,13H,7-9H2,1-2H3. The van der Waals surface area contributed by atoms with Gasteiger partial charge in [0, 0.05) is 24.7 Å². The zero-order valence-electron chi connectivity index (χ0n) is 15.0. The van der Waals surface area contributed by atoms with Crippen molar-refractivity contribution in [1.29, 1.82) is 0 Å². The van der Waals surface area contributed by atoms with Gasteiger partial charge in [-0.1, -0.05) is 0 Å². The van der Waals surface area contributed by atoms with Crippen molar-refractivity contribution in [2.75, 3.05) is 32.1 Å². The fourth-order valence-electron chi connectivity index (χ4n) is 3.05. The number of rotatable bonds is 6. The van der Waals surface area contributed by atoms with E-state index >= 15 is 4.39 Å². The van der Waals surface area contributed by atoms with Crippen LogP contribution < -0.4 is 9.64 Å². The van der Waals surface area contributed by atoms with Gasteiger partial charge in [-0.2, -0.15) is 0 Å². The van der Waals surface area contributed by atoms with Crippen LogP contribution in [0, 0.1) is 5.82 Å². The van der Waals surface area contributed by atoms with E-state index in [1.807, 2.05) is 11.9 Å². The fraction of sp³-hybridized carbons (Fsp3) is 0.333. The Hall–Kier alpha value is -3.07. The van der Waals surface area contributed by atoms with Crippen LogP contribution >= 0.6 is 0 Å². The van der Waals surface area contributed by atoms with E-state index in [9.17, 15) is 0 Å². The van der Waals surface area contributed by atoms with Gasteiger partial charge in [0.05, 0.1) is 13.7 Å². The van der Waals surface area contributed by atoms with Crippen molar-refractivity contribution in [2.24, 2.45) is 0 Å². The molecule has 0 saturated carbocycles. The minimum Gasteiger partial charge on any atom is -0.497 e. The summed E-state index contributed by atoms with van der Waals surface area (Å²) in [5.74, 6) is 1.17. The first kappa shape index (κ1) is 17.3. The van der Waals surface area contributed by atoms with Crippen molar-refractivity contribution < 1.29 is 13.5 Å². The van der Waals surface area contributed by atoms with Crippen molar-refractivity contribution in [3.8, 4) is 17.0 Å². The summed E-state index contributed by atoms with van der Waals surface area (Å²) in [6, 6.07) is 7.39. The molecule has 9 heteroatoms. The Bertz CT molecular complexity index is 897. The number of halogens is 1. The zero-order valence-corrected chi connectivity index (χ0v) is 15.0. The lowest BCUT2D eigenvalue weighted by Crippen LogP contribution is -2.58. The third-order valence-corrected chi connectivity index (χ3v) is 4.71. The van der Waals surface area contributed by atoms with E-state index in [1.54, 1.807) is 31.4 Å². The average molecular weight is 370 g/mol. The molecular weight excluding hydrogens is 351 g/mol. The van der Waals surface area contributed by atoms with Gasteiger partial charge >= 0.3 is 0 Å².